The number of hydrogen-bond acceptors (Lipinski definition) is 2. The molecular formula is C16H18F4N2. The van der Waals surface area contributed by atoms with Gasteiger partial charge >= 0.3 is 6.18 Å². The molecule has 1 aliphatic rings. The lowest BCUT2D eigenvalue weighted by Gasteiger charge is -2.08. The molecule has 0 radical (unpaired) electrons. The molecule has 2 nitrogen and oxygen atoms in total. The second-order valence-corrected chi connectivity index (χ2v) is 5.38. The van der Waals surface area contributed by atoms with E-state index in [0.717, 1.165) is 18.2 Å². The van der Waals surface area contributed by atoms with Crippen molar-refractivity contribution < 1.29 is 17.6 Å². The number of hydrogen-bond donors (Lipinski definition) is 1. The first-order chi connectivity index (χ1) is 10.4. The lowest BCUT2D eigenvalue weighted by Crippen LogP contribution is -2.09. The summed E-state index contributed by atoms with van der Waals surface area (Å²) in [6.45, 7) is 0. The predicted molar refractivity (Wildman–Crippen MR) is 78.8 cm³/mol. The fourth-order valence-corrected chi connectivity index (χ4v) is 2.43. The summed E-state index contributed by atoms with van der Waals surface area (Å²) in [7, 11) is 0. The number of fused-ring (bicyclic) bond motifs is 1. The molecule has 3 rings (SSSR count). The van der Waals surface area contributed by atoms with E-state index in [4.69, 9.17) is 5.73 Å². The van der Waals surface area contributed by atoms with Crippen LogP contribution >= 0.6 is 0 Å². The Morgan fingerprint density at radius 1 is 0.909 bits per heavy atom. The Morgan fingerprint density at radius 2 is 1.45 bits per heavy atom. The topological polar surface area (TPSA) is 38.9 Å². The minimum absolute atomic E-state index is 0.0220. The van der Waals surface area contributed by atoms with Crippen LogP contribution in [0.5, 0.6) is 0 Å². The number of halogens is 4. The van der Waals surface area contributed by atoms with Crippen molar-refractivity contribution >= 4 is 16.6 Å². The molecule has 1 aromatic carbocycles. The molecule has 22 heavy (non-hydrogen) atoms. The lowest BCUT2D eigenvalue weighted by atomic mass is 10.0. The minimum Gasteiger partial charge on any atom is -0.398 e. The first-order valence-corrected chi connectivity index (χ1v) is 7.31. The lowest BCUT2D eigenvalue weighted by molar-refractivity contribution is -0.140. The Balaban J connectivity index is 0.000000246. The van der Waals surface area contributed by atoms with Crippen molar-refractivity contribution in [3.63, 3.8) is 0 Å². The molecule has 1 saturated carbocycles. The zero-order chi connectivity index (χ0) is 16.2. The van der Waals surface area contributed by atoms with Crippen LogP contribution < -0.4 is 5.73 Å². The monoisotopic (exact) mass is 314 g/mol. The molecule has 0 spiro atoms. The quantitative estimate of drug-likeness (QED) is 0.669. The molecule has 0 bridgehead atoms. The smallest absolute Gasteiger partial charge is 0.398 e. The average molecular weight is 314 g/mol. The summed E-state index contributed by atoms with van der Waals surface area (Å²) in [6.07, 6.45) is 4.44. The van der Waals surface area contributed by atoms with Crippen molar-refractivity contribution in [2.24, 2.45) is 0 Å². The summed E-state index contributed by atoms with van der Waals surface area (Å²) in [5.41, 5.74) is 4.22. The first kappa shape index (κ1) is 16.5. The molecule has 0 unspecified atom stereocenters. The van der Waals surface area contributed by atoms with Crippen LogP contribution in [0.3, 0.4) is 0 Å². The molecule has 1 fully saturated rings. The van der Waals surface area contributed by atoms with E-state index in [0.29, 0.717) is 6.07 Å². The van der Waals surface area contributed by atoms with Crippen molar-refractivity contribution in [2.75, 3.05) is 5.73 Å². The molecular weight excluding hydrogens is 296 g/mol. The summed E-state index contributed by atoms with van der Waals surface area (Å²) in [6, 6.07) is 3.95. The molecule has 0 atom stereocenters. The van der Waals surface area contributed by atoms with Gasteiger partial charge in [-0.15, -0.1) is 0 Å². The van der Waals surface area contributed by atoms with Crippen LogP contribution in [-0.2, 0) is 6.18 Å². The molecule has 0 saturated heterocycles. The van der Waals surface area contributed by atoms with Gasteiger partial charge in [-0.25, -0.2) is 9.37 Å². The SMILES string of the molecule is C1CCCCC1.Nc1cc(C(F)(F)F)nc2ccc(F)cc12. The Bertz CT molecular complexity index is 622. The average Bonchev–Trinajstić information content (AvgIpc) is 2.49. The van der Waals surface area contributed by atoms with E-state index in [1.54, 1.807) is 0 Å². The van der Waals surface area contributed by atoms with Gasteiger partial charge in [-0.3, -0.25) is 0 Å². The van der Waals surface area contributed by atoms with E-state index in [2.05, 4.69) is 4.98 Å². The van der Waals surface area contributed by atoms with E-state index in [1.807, 2.05) is 0 Å². The van der Waals surface area contributed by atoms with Crippen molar-refractivity contribution in [3.05, 3.63) is 35.8 Å². The minimum atomic E-state index is -4.56. The molecule has 1 aromatic heterocycles. The predicted octanol–water partition coefficient (Wildman–Crippen LogP) is 5.32. The highest BCUT2D eigenvalue weighted by Gasteiger charge is 2.33. The molecule has 2 N–H and O–H groups in total. The highest BCUT2D eigenvalue weighted by Crippen LogP contribution is 2.31. The van der Waals surface area contributed by atoms with Gasteiger partial charge in [0.05, 0.1) is 5.52 Å². The zero-order valence-electron chi connectivity index (χ0n) is 12.1. The Hall–Kier alpha value is -1.85. The highest BCUT2D eigenvalue weighted by atomic mass is 19.4. The fourth-order valence-electron chi connectivity index (χ4n) is 2.43. The summed E-state index contributed by atoms with van der Waals surface area (Å²) in [5, 5.41) is 0.174. The van der Waals surface area contributed by atoms with Crippen LogP contribution in [0.25, 0.3) is 10.9 Å². The van der Waals surface area contributed by atoms with Gasteiger partial charge in [0.15, 0.2) is 0 Å². The molecule has 120 valence electrons. The van der Waals surface area contributed by atoms with Gasteiger partial charge in [0.25, 0.3) is 0 Å². The summed E-state index contributed by atoms with van der Waals surface area (Å²) >= 11 is 0. The molecule has 1 heterocycles. The molecule has 6 heteroatoms. The molecule has 1 aliphatic carbocycles. The van der Waals surface area contributed by atoms with Crippen LogP contribution in [0.1, 0.15) is 44.2 Å². The number of benzene rings is 1. The number of anilines is 1. The number of aromatic nitrogens is 1. The summed E-state index contributed by atoms with van der Waals surface area (Å²) in [5.74, 6) is -0.569. The van der Waals surface area contributed by atoms with Gasteiger partial charge in [-0.1, -0.05) is 38.5 Å². The number of nitrogens with zero attached hydrogens (tertiary/aromatic N) is 1. The van der Waals surface area contributed by atoms with Gasteiger partial charge in [-0.05, 0) is 24.3 Å². The van der Waals surface area contributed by atoms with Gasteiger partial charge in [0, 0.05) is 11.1 Å². The molecule has 0 aliphatic heterocycles. The van der Waals surface area contributed by atoms with Crippen LogP contribution in [0.4, 0.5) is 23.2 Å². The third kappa shape index (κ3) is 4.32. The van der Waals surface area contributed by atoms with Gasteiger partial charge < -0.3 is 5.73 Å². The maximum Gasteiger partial charge on any atom is 0.433 e. The Labute approximate surface area is 126 Å². The number of nitrogens with two attached hydrogens (primary N) is 1. The second kappa shape index (κ2) is 6.94. The number of alkyl halides is 3. The standard InChI is InChI=1S/C10H6F4N2.C6H12/c11-5-1-2-8-6(3-5)7(15)4-9(16-8)10(12,13)14;1-2-4-6-5-3-1/h1-4H,(H2,15,16);1-6H2. The maximum absolute atomic E-state index is 12.8. The maximum atomic E-state index is 12.8. The summed E-state index contributed by atoms with van der Waals surface area (Å²) < 4.78 is 50.0. The van der Waals surface area contributed by atoms with Crippen molar-refractivity contribution in [3.8, 4) is 0 Å². The summed E-state index contributed by atoms with van der Waals surface area (Å²) in [4.78, 5) is 3.38. The third-order valence-corrected chi connectivity index (χ3v) is 3.59. The number of nitrogen functional groups attached to an aromatic ring is 1. The van der Waals surface area contributed by atoms with E-state index in [1.165, 1.54) is 38.5 Å². The fraction of sp³-hybridized carbons (Fsp3) is 0.438. The van der Waals surface area contributed by atoms with E-state index >= 15 is 0 Å². The Kier molecular flexibility index (Phi) is 5.21. The van der Waals surface area contributed by atoms with E-state index < -0.39 is 17.7 Å². The third-order valence-electron chi connectivity index (χ3n) is 3.59. The highest BCUT2D eigenvalue weighted by molar-refractivity contribution is 5.90. The molecule has 0 amide bonds. The zero-order valence-corrected chi connectivity index (χ0v) is 12.1. The van der Waals surface area contributed by atoms with E-state index in [-0.39, 0.29) is 16.6 Å². The van der Waals surface area contributed by atoms with Crippen molar-refractivity contribution in [1.29, 1.82) is 0 Å². The number of pyridine rings is 1. The largest absolute Gasteiger partial charge is 0.433 e. The van der Waals surface area contributed by atoms with Gasteiger partial charge in [-0.2, -0.15) is 13.2 Å². The van der Waals surface area contributed by atoms with Crippen molar-refractivity contribution in [2.45, 2.75) is 44.7 Å². The second-order valence-electron chi connectivity index (χ2n) is 5.38. The van der Waals surface area contributed by atoms with Crippen LogP contribution in [0, 0.1) is 5.82 Å². The Morgan fingerprint density at radius 3 is 1.95 bits per heavy atom. The van der Waals surface area contributed by atoms with Crippen molar-refractivity contribution in [1.82, 2.24) is 4.98 Å². The van der Waals surface area contributed by atoms with Crippen LogP contribution in [0.2, 0.25) is 0 Å². The van der Waals surface area contributed by atoms with Crippen LogP contribution in [0.15, 0.2) is 24.3 Å². The van der Waals surface area contributed by atoms with E-state index in [9.17, 15) is 17.6 Å². The first-order valence-electron chi connectivity index (χ1n) is 7.31. The van der Waals surface area contributed by atoms with Crippen LogP contribution in [-0.4, -0.2) is 4.98 Å². The molecule has 2 aromatic rings. The van der Waals surface area contributed by atoms with Gasteiger partial charge in [0.1, 0.15) is 11.5 Å². The number of rotatable bonds is 0. The normalized spacial score (nSPS) is 15.3. The van der Waals surface area contributed by atoms with Gasteiger partial charge in [0.2, 0.25) is 0 Å².